The van der Waals surface area contributed by atoms with Crippen LogP contribution in [0.25, 0.3) is 5.52 Å². The monoisotopic (exact) mass is 493 g/mol. The average molecular weight is 494 g/mol. The standard InChI is InChI=1S/C22H22F3N5O3S/c1-34(32,33)12-9-17(14-4-5-14)28-21(31)16-6-7-19(22(23,24)25)29-20(16)26-13-15-3-2-11-30-18(15)8-10-27-30/h2-3,6-12,14,17H,4-5,13H2,1H3,(H,26,29)(H,28,31)/b12-9+/t17-/m1/s1. The molecule has 180 valence electrons. The molecule has 8 nitrogen and oxygen atoms in total. The van der Waals surface area contributed by atoms with E-state index in [1.54, 1.807) is 35.1 Å². The van der Waals surface area contributed by atoms with Crippen molar-refractivity contribution < 1.29 is 26.4 Å². The van der Waals surface area contributed by atoms with Crippen molar-refractivity contribution in [1.82, 2.24) is 19.9 Å². The Morgan fingerprint density at radius 1 is 1.26 bits per heavy atom. The lowest BCUT2D eigenvalue weighted by molar-refractivity contribution is -0.141. The van der Waals surface area contributed by atoms with E-state index in [1.807, 2.05) is 0 Å². The molecular weight excluding hydrogens is 471 g/mol. The minimum absolute atomic E-state index is 0.0697. The number of aromatic nitrogens is 3. The van der Waals surface area contributed by atoms with E-state index in [-0.39, 0.29) is 23.8 Å². The molecule has 1 fully saturated rings. The predicted octanol–water partition coefficient (Wildman–Crippen LogP) is 3.43. The first kappa shape index (κ1) is 23.7. The van der Waals surface area contributed by atoms with Crippen molar-refractivity contribution in [2.75, 3.05) is 11.6 Å². The summed E-state index contributed by atoms with van der Waals surface area (Å²) in [7, 11) is -3.40. The van der Waals surface area contributed by atoms with Crippen molar-refractivity contribution in [1.29, 1.82) is 0 Å². The number of pyridine rings is 2. The molecule has 2 N–H and O–H groups in total. The number of amides is 1. The molecule has 1 aliphatic rings. The van der Waals surface area contributed by atoms with Gasteiger partial charge in [0.25, 0.3) is 5.91 Å². The van der Waals surface area contributed by atoms with Crippen LogP contribution in [0.5, 0.6) is 0 Å². The van der Waals surface area contributed by atoms with Crippen LogP contribution in [-0.2, 0) is 22.6 Å². The summed E-state index contributed by atoms with van der Waals surface area (Å²) in [4.78, 5) is 16.7. The Kier molecular flexibility index (Phi) is 6.34. The van der Waals surface area contributed by atoms with Gasteiger partial charge in [0.05, 0.1) is 17.1 Å². The van der Waals surface area contributed by atoms with Gasteiger partial charge in [-0.15, -0.1) is 0 Å². The van der Waals surface area contributed by atoms with Crippen LogP contribution in [0.2, 0.25) is 0 Å². The molecule has 0 unspecified atom stereocenters. The van der Waals surface area contributed by atoms with Crippen LogP contribution < -0.4 is 10.6 Å². The number of carbonyl (C=O) groups is 1. The van der Waals surface area contributed by atoms with Crippen LogP contribution in [0.4, 0.5) is 19.0 Å². The van der Waals surface area contributed by atoms with Gasteiger partial charge in [-0.3, -0.25) is 4.79 Å². The number of carbonyl (C=O) groups excluding carboxylic acids is 1. The number of hydrogen-bond donors (Lipinski definition) is 2. The third-order valence-corrected chi connectivity index (χ3v) is 6.01. The fourth-order valence-corrected chi connectivity index (χ4v) is 3.97. The number of nitrogens with zero attached hydrogens (tertiary/aromatic N) is 3. The Hall–Kier alpha value is -3.41. The van der Waals surface area contributed by atoms with E-state index in [4.69, 9.17) is 0 Å². The highest BCUT2D eigenvalue weighted by Gasteiger charge is 2.35. The molecule has 0 saturated heterocycles. The van der Waals surface area contributed by atoms with Crippen LogP contribution in [-0.4, -0.2) is 41.2 Å². The van der Waals surface area contributed by atoms with Gasteiger partial charge >= 0.3 is 6.18 Å². The summed E-state index contributed by atoms with van der Waals surface area (Å²) in [6.45, 7) is 0.102. The fraction of sp³-hybridized carbons (Fsp3) is 0.318. The molecule has 0 bridgehead atoms. The van der Waals surface area contributed by atoms with Crippen molar-refractivity contribution in [3.05, 3.63) is 71.0 Å². The summed E-state index contributed by atoms with van der Waals surface area (Å²) in [6.07, 6.45) is 2.71. The zero-order valence-corrected chi connectivity index (χ0v) is 18.9. The SMILES string of the molecule is CS(=O)(=O)/C=C/[C@@H](NC(=O)c1ccc(C(F)(F)F)nc1NCc1cccn2nccc12)C1CC1. The van der Waals surface area contributed by atoms with Crippen LogP contribution >= 0.6 is 0 Å². The normalized spacial score (nSPS) is 15.5. The van der Waals surface area contributed by atoms with Gasteiger partial charge in [0.1, 0.15) is 11.5 Å². The fourth-order valence-electron chi connectivity index (χ4n) is 3.51. The van der Waals surface area contributed by atoms with E-state index in [0.29, 0.717) is 0 Å². The number of hydrogen-bond acceptors (Lipinski definition) is 6. The second-order valence-corrected chi connectivity index (χ2v) is 10.1. The van der Waals surface area contributed by atoms with Gasteiger partial charge in [-0.25, -0.2) is 17.9 Å². The number of sulfone groups is 1. The molecule has 4 rings (SSSR count). The highest BCUT2D eigenvalue weighted by molar-refractivity contribution is 7.93. The molecule has 12 heteroatoms. The molecule has 1 aliphatic carbocycles. The first-order valence-electron chi connectivity index (χ1n) is 10.4. The van der Waals surface area contributed by atoms with Gasteiger partial charge in [-0.05, 0) is 48.6 Å². The van der Waals surface area contributed by atoms with Crippen molar-refractivity contribution in [2.45, 2.75) is 31.6 Å². The summed E-state index contributed by atoms with van der Waals surface area (Å²) < 4.78 is 64.5. The molecule has 0 radical (unpaired) electrons. The molecular formula is C22H22F3N5O3S. The maximum absolute atomic E-state index is 13.3. The zero-order chi connectivity index (χ0) is 24.5. The van der Waals surface area contributed by atoms with Gasteiger partial charge in [-0.2, -0.15) is 18.3 Å². The Morgan fingerprint density at radius 3 is 2.71 bits per heavy atom. The minimum Gasteiger partial charge on any atom is -0.365 e. The first-order chi connectivity index (χ1) is 16.0. The summed E-state index contributed by atoms with van der Waals surface area (Å²) in [5, 5.41) is 10.7. The van der Waals surface area contributed by atoms with Crippen LogP contribution in [0, 0.1) is 5.92 Å². The van der Waals surface area contributed by atoms with Gasteiger partial charge in [0.2, 0.25) is 0 Å². The lowest BCUT2D eigenvalue weighted by atomic mass is 10.1. The predicted molar refractivity (Wildman–Crippen MR) is 120 cm³/mol. The highest BCUT2D eigenvalue weighted by atomic mass is 32.2. The van der Waals surface area contributed by atoms with Crippen molar-refractivity contribution in [2.24, 2.45) is 5.92 Å². The van der Waals surface area contributed by atoms with Crippen LogP contribution in [0.1, 0.15) is 34.5 Å². The van der Waals surface area contributed by atoms with Gasteiger partial charge < -0.3 is 10.6 Å². The third kappa shape index (κ3) is 5.74. The van der Waals surface area contributed by atoms with Crippen LogP contribution in [0.3, 0.4) is 0 Å². The molecule has 3 aromatic rings. The van der Waals surface area contributed by atoms with Crippen molar-refractivity contribution >= 4 is 27.1 Å². The largest absolute Gasteiger partial charge is 0.433 e. The van der Waals surface area contributed by atoms with E-state index >= 15 is 0 Å². The van der Waals surface area contributed by atoms with E-state index in [2.05, 4.69) is 20.7 Å². The number of rotatable bonds is 8. The summed E-state index contributed by atoms with van der Waals surface area (Å²) >= 11 is 0. The van der Waals surface area contributed by atoms with E-state index in [9.17, 15) is 26.4 Å². The summed E-state index contributed by atoms with van der Waals surface area (Å²) in [6, 6.07) is 6.55. The van der Waals surface area contributed by atoms with Crippen molar-refractivity contribution in [3.63, 3.8) is 0 Å². The average Bonchev–Trinajstić information content (AvgIpc) is 3.49. The number of halogens is 3. The van der Waals surface area contributed by atoms with E-state index in [1.165, 1.54) is 6.08 Å². The number of fused-ring (bicyclic) bond motifs is 1. The Morgan fingerprint density at radius 2 is 2.03 bits per heavy atom. The topological polar surface area (TPSA) is 105 Å². The van der Waals surface area contributed by atoms with Crippen LogP contribution in [0.15, 0.2) is 54.2 Å². The molecule has 1 amide bonds. The summed E-state index contributed by atoms with van der Waals surface area (Å²) in [5.74, 6) is -0.808. The van der Waals surface area contributed by atoms with Gasteiger partial charge in [0.15, 0.2) is 9.84 Å². The van der Waals surface area contributed by atoms with Crippen molar-refractivity contribution in [3.8, 4) is 0 Å². The molecule has 0 aliphatic heterocycles. The lowest BCUT2D eigenvalue weighted by Crippen LogP contribution is -2.35. The smallest absolute Gasteiger partial charge is 0.365 e. The molecule has 1 atom stereocenters. The molecule has 0 spiro atoms. The maximum atomic E-state index is 13.3. The third-order valence-electron chi connectivity index (χ3n) is 5.36. The number of nitrogens with one attached hydrogen (secondary N) is 2. The molecule has 3 heterocycles. The Labute approximate surface area is 193 Å². The van der Waals surface area contributed by atoms with E-state index < -0.39 is 33.7 Å². The quantitative estimate of drug-likeness (QED) is 0.498. The van der Waals surface area contributed by atoms with E-state index in [0.717, 1.165) is 47.7 Å². The molecule has 34 heavy (non-hydrogen) atoms. The zero-order valence-electron chi connectivity index (χ0n) is 18.1. The second-order valence-electron chi connectivity index (χ2n) is 8.13. The Balaban J connectivity index is 1.61. The molecule has 1 saturated carbocycles. The summed E-state index contributed by atoms with van der Waals surface area (Å²) in [5.41, 5.74) is 0.293. The maximum Gasteiger partial charge on any atom is 0.433 e. The van der Waals surface area contributed by atoms with Gasteiger partial charge in [-0.1, -0.05) is 12.1 Å². The minimum atomic E-state index is -4.69. The second kappa shape index (κ2) is 9.09. The Bertz CT molecular complexity index is 1350. The first-order valence-corrected chi connectivity index (χ1v) is 12.4. The van der Waals surface area contributed by atoms with Gasteiger partial charge in [0, 0.05) is 30.6 Å². The lowest BCUT2D eigenvalue weighted by Gasteiger charge is -2.18. The number of anilines is 1. The molecule has 0 aromatic carbocycles. The highest BCUT2D eigenvalue weighted by Crippen LogP contribution is 2.34. The molecule has 3 aromatic heterocycles. The number of alkyl halides is 3.